The number of aromatic nitrogens is 3. The van der Waals surface area contributed by atoms with Crippen LogP contribution in [0.3, 0.4) is 0 Å². The Labute approximate surface area is 113 Å². The van der Waals surface area contributed by atoms with E-state index in [4.69, 9.17) is 11.6 Å². The van der Waals surface area contributed by atoms with Crippen molar-refractivity contribution < 1.29 is 4.79 Å². The Bertz CT molecular complexity index is 540. The molecule has 1 heterocycles. The molecule has 0 aliphatic carbocycles. The van der Waals surface area contributed by atoms with Gasteiger partial charge in [0.1, 0.15) is 5.82 Å². The zero-order chi connectivity index (χ0) is 13.0. The van der Waals surface area contributed by atoms with Crippen LogP contribution >= 0.6 is 23.5 Å². The van der Waals surface area contributed by atoms with Crippen molar-refractivity contribution in [1.82, 2.24) is 19.9 Å². The second-order valence-electron chi connectivity index (χ2n) is 3.56. The van der Waals surface area contributed by atoms with Crippen LogP contribution < -0.4 is 4.72 Å². The van der Waals surface area contributed by atoms with Crippen LogP contribution in [0.1, 0.15) is 12.7 Å². The summed E-state index contributed by atoms with van der Waals surface area (Å²) >= 11 is 7.08. The summed E-state index contributed by atoms with van der Waals surface area (Å²) in [6.45, 7) is 1.46. The third-order valence-corrected chi connectivity index (χ3v) is 3.16. The standard InChI is InChI=1S/C11H11ClN4OS/c1-7(17)16-18-6-10-13-11(15-14-10)8-2-4-9(12)5-3-8/h2-5H,6H2,1H3,(H,16,17)(H,13,14,15). The lowest BCUT2D eigenvalue weighted by Gasteiger charge is -1.97. The van der Waals surface area contributed by atoms with Gasteiger partial charge in [0, 0.05) is 17.5 Å². The first kappa shape index (κ1) is 12.9. The number of carbonyl (C=O) groups excluding carboxylic acids is 1. The second kappa shape index (κ2) is 5.88. The van der Waals surface area contributed by atoms with E-state index >= 15 is 0 Å². The molecule has 1 amide bonds. The van der Waals surface area contributed by atoms with Gasteiger partial charge in [-0.05, 0) is 36.2 Å². The van der Waals surface area contributed by atoms with Crippen LogP contribution in [0.5, 0.6) is 0 Å². The van der Waals surface area contributed by atoms with E-state index in [1.165, 1.54) is 18.9 Å². The number of carbonyl (C=O) groups is 1. The molecule has 0 aliphatic rings. The molecule has 5 nitrogen and oxygen atoms in total. The van der Waals surface area contributed by atoms with Crippen LogP contribution in [0.4, 0.5) is 0 Å². The third kappa shape index (κ3) is 3.48. The van der Waals surface area contributed by atoms with Crippen LogP contribution in [0.15, 0.2) is 24.3 Å². The minimum Gasteiger partial charge on any atom is -0.300 e. The van der Waals surface area contributed by atoms with Gasteiger partial charge in [-0.25, -0.2) is 4.98 Å². The van der Waals surface area contributed by atoms with Gasteiger partial charge in [0.05, 0.1) is 5.75 Å². The van der Waals surface area contributed by atoms with Gasteiger partial charge < -0.3 is 4.72 Å². The van der Waals surface area contributed by atoms with Crippen LogP contribution in [0.25, 0.3) is 11.4 Å². The summed E-state index contributed by atoms with van der Waals surface area (Å²) in [5.41, 5.74) is 0.895. The first-order chi connectivity index (χ1) is 8.65. The Balaban J connectivity index is 2.01. The zero-order valence-electron chi connectivity index (χ0n) is 9.61. The fraction of sp³-hybridized carbons (Fsp3) is 0.182. The Kier molecular flexibility index (Phi) is 4.22. The van der Waals surface area contributed by atoms with Crippen molar-refractivity contribution >= 4 is 29.5 Å². The Morgan fingerprint density at radius 1 is 1.44 bits per heavy atom. The van der Waals surface area contributed by atoms with Gasteiger partial charge >= 0.3 is 0 Å². The molecule has 2 N–H and O–H groups in total. The maximum Gasteiger partial charge on any atom is 0.226 e. The van der Waals surface area contributed by atoms with E-state index in [0.29, 0.717) is 22.4 Å². The average molecular weight is 283 g/mol. The molecule has 1 aromatic carbocycles. The molecule has 0 fully saturated rings. The zero-order valence-corrected chi connectivity index (χ0v) is 11.2. The lowest BCUT2D eigenvalue weighted by Crippen LogP contribution is -2.10. The lowest BCUT2D eigenvalue weighted by molar-refractivity contribution is -0.117. The van der Waals surface area contributed by atoms with E-state index in [1.807, 2.05) is 12.1 Å². The van der Waals surface area contributed by atoms with Gasteiger partial charge in [0.25, 0.3) is 0 Å². The summed E-state index contributed by atoms with van der Waals surface area (Å²) < 4.78 is 2.62. The van der Waals surface area contributed by atoms with Crippen molar-refractivity contribution in [2.45, 2.75) is 12.7 Å². The van der Waals surface area contributed by atoms with E-state index < -0.39 is 0 Å². The van der Waals surface area contributed by atoms with Crippen LogP contribution in [-0.2, 0) is 10.5 Å². The summed E-state index contributed by atoms with van der Waals surface area (Å²) in [7, 11) is 0. The maximum atomic E-state index is 10.7. The predicted octanol–water partition coefficient (Wildman–Crippen LogP) is 2.41. The molecule has 1 aromatic heterocycles. The molecule has 2 rings (SSSR count). The van der Waals surface area contributed by atoms with Crippen molar-refractivity contribution in [3.8, 4) is 11.4 Å². The minimum absolute atomic E-state index is 0.0857. The lowest BCUT2D eigenvalue weighted by atomic mass is 10.2. The maximum absolute atomic E-state index is 10.7. The number of amides is 1. The average Bonchev–Trinajstić information content (AvgIpc) is 2.78. The van der Waals surface area contributed by atoms with Gasteiger partial charge in [-0.1, -0.05) is 11.6 Å². The third-order valence-electron chi connectivity index (χ3n) is 2.06. The molecule has 94 valence electrons. The van der Waals surface area contributed by atoms with E-state index in [0.717, 1.165) is 5.56 Å². The summed E-state index contributed by atoms with van der Waals surface area (Å²) in [5, 5.41) is 7.61. The Morgan fingerprint density at radius 2 is 2.17 bits per heavy atom. The first-order valence-electron chi connectivity index (χ1n) is 5.21. The molecular formula is C11H11ClN4OS. The van der Waals surface area contributed by atoms with Crippen molar-refractivity contribution in [3.63, 3.8) is 0 Å². The van der Waals surface area contributed by atoms with Crippen molar-refractivity contribution in [1.29, 1.82) is 0 Å². The molecule has 0 saturated heterocycles. The molecule has 0 spiro atoms. The minimum atomic E-state index is -0.0857. The number of H-pyrrole nitrogens is 1. The largest absolute Gasteiger partial charge is 0.300 e. The fourth-order valence-electron chi connectivity index (χ4n) is 1.29. The van der Waals surface area contributed by atoms with Gasteiger partial charge in [-0.15, -0.1) is 0 Å². The number of hydrogen-bond donors (Lipinski definition) is 2. The topological polar surface area (TPSA) is 70.7 Å². The van der Waals surface area contributed by atoms with Gasteiger partial charge in [-0.2, -0.15) is 5.10 Å². The van der Waals surface area contributed by atoms with Crippen molar-refractivity contribution in [3.05, 3.63) is 35.1 Å². The van der Waals surface area contributed by atoms with Crippen molar-refractivity contribution in [2.24, 2.45) is 0 Å². The molecule has 0 atom stereocenters. The predicted molar refractivity (Wildman–Crippen MR) is 71.9 cm³/mol. The second-order valence-corrected chi connectivity index (χ2v) is 4.78. The van der Waals surface area contributed by atoms with Gasteiger partial charge in [0.15, 0.2) is 5.82 Å². The normalized spacial score (nSPS) is 10.3. The quantitative estimate of drug-likeness (QED) is 0.845. The van der Waals surface area contributed by atoms with Gasteiger partial charge in [0.2, 0.25) is 5.91 Å². The molecule has 7 heteroatoms. The highest BCUT2D eigenvalue weighted by Gasteiger charge is 2.06. The number of hydrogen-bond acceptors (Lipinski definition) is 4. The Morgan fingerprint density at radius 3 is 2.83 bits per heavy atom. The molecule has 0 radical (unpaired) electrons. The molecule has 2 aromatic rings. The molecule has 0 aliphatic heterocycles. The van der Waals surface area contributed by atoms with Gasteiger partial charge in [-0.3, -0.25) is 9.89 Å². The fourth-order valence-corrected chi connectivity index (χ4v) is 1.96. The number of halogens is 1. The van der Waals surface area contributed by atoms with E-state index in [1.54, 1.807) is 12.1 Å². The summed E-state index contributed by atoms with van der Waals surface area (Å²) in [5.74, 6) is 1.78. The molecule has 18 heavy (non-hydrogen) atoms. The van der Waals surface area contributed by atoms with Crippen LogP contribution in [0, 0.1) is 0 Å². The number of nitrogens with zero attached hydrogens (tertiary/aromatic N) is 2. The SMILES string of the molecule is CC(=O)NSCc1nc(-c2ccc(Cl)cc2)n[nH]1. The van der Waals surface area contributed by atoms with E-state index in [2.05, 4.69) is 19.9 Å². The highest BCUT2D eigenvalue weighted by molar-refractivity contribution is 7.97. The molecule has 0 unspecified atom stereocenters. The Hall–Kier alpha value is -1.53. The highest BCUT2D eigenvalue weighted by atomic mass is 35.5. The number of aromatic amines is 1. The number of nitrogens with one attached hydrogen (secondary N) is 2. The highest BCUT2D eigenvalue weighted by Crippen LogP contribution is 2.18. The molecular weight excluding hydrogens is 272 g/mol. The first-order valence-corrected chi connectivity index (χ1v) is 6.57. The van der Waals surface area contributed by atoms with E-state index in [9.17, 15) is 4.79 Å². The smallest absolute Gasteiger partial charge is 0.226 e. The number of rotatable bonds is 4. The molecule has 0 saturated carbocycles. The van der Waals surface area contributed by atoms with Crippen LogP contribution in [0.2, 0.25) is 5.02 Å². The monoisotopic (exact) mass is 282 g/mol. The summed E-state index contributed by atoms with van der Waals surface area (Å²) in [4.78, 5) is 15.0. The van der Waals surface area contributed by atoms with E-state index in [-0.39, 0.29) is 5.91 Å². The molecule has 0 bridgehead atoms. The number of benzene rings is 1. The summed E-state index contributed by atoms with van der Waals surface area (Å²) in [6, 6.07) is 7.30. The van der Waals surface area contributed by atoms with Crippen molar-refractivity contribution in [2.75, 3.05) is 0 Å². The summed E-state index contributed by atoms with van der Waals surface area (Å²) in [6.07, 6.45) is 0. The van der Waals surface area contributed by atoms with Crippen LogP contribution in [-0.4, -0.2) is 21.1 Å².